The number of H-pyrrole nitrogens is 1. The molecule has 4 nitrogen and oxygen atoms in total. The van der Waals surface area contributed by atoms with Gasteiger partial charge < -0.3 is 10.3 Å². The second-order valence-electron chi connectivity index (χ2n) is 6.62. The molecule has 3 rings (SSSR count). The maximum Gasteiger partial charge on any atom is 0.224 e. The Morgan fingerprint density at radius 1 is 1.04 bits per heavy atom. The minimum absolute atomic E-state index is 0.0796. The van der Waals surface area contributed by atoms with Gasteiger partial charge >= 0.3 is 0 Å². The Morgan fingerprint density at radius 2 is 1.81 bits per heavy atom. The summed E-state index contributed by atoms with van der Waals surface area (Å²) in [6.07, 6.45) is 4.56. The van der Waals surface area contributed by atoms with Crippen molar-refractivity contribution in [2.75, 3.05) is 5.32 Å². The van der Waals surface area contributed by atoms with Crippen LogP contribution in [0.25, 0.3) is 10.9 Å². The summed E-state index contributed by atoms with van der Waals surface area (Å²) < 4.78 is 0. The normalized spacial score (nSPS) is 10.9. The highest BCUT2D eigenvalue weighted by atomic mass is 35.5. The number of aromatic amines is 1. The number of amides is 1. The fourth-order valence-corrected chi connectivity index (χ4v) is 3.29. The van der Waals surface area contributed by atoms with E-state index in [9.17, 15) is 9.59 Å². The summed E-state index contributed by atoms with van der Waals surface area (Å²) in [5.74, 6) is -0.242. The SMILES string of the molecule is CCCCCCC(=O)Nc1c(C(=O)c2ccccc2)[nH]c2cc(Cl)ccc12. The molecule has 0 unspecified atom stereocenters. The van der Waals surface area contributed by atoms with Crippen molar-refractivity contribution >= 4 is 39.9 Å². The highest BCUT2D eigenvalue weighted by molar-refractivity contribution is 6.31. The Labute approximate surface area is 163 Å². The lowest BCUT2D eigenvalue weighted by atomic mass is 10.1. The number of fused-ring (bicyclic) bond motifs is 1. The van der Waals surface area contributed by atoms with Crippen LogP contribution in [0.4, 0.5) is 5.69 Å². The molecule has 1 aromatic heterocycles. The van der Waals surface area contributed by atoms with Crippen molar-refractivity contribution in [3.05, 3.63) is 64.8 Å². The zero-order valence-electron chi connectivity index (χ0n) is 15.3. The monoisotopic (exact) mass is 382 g/mol. The lowest BCUT2D eigenvalue weighted by Crippen LogP contribution is -2.14. The number of nitrogens with one attached hydrogen (secondary N) is 2. The molecule has 140 valence electrons. The van der Waals surface area contributed by atoms with Gasteiger partial charge in [0, 0.05) is 27.9 Å². The van der Waals surface area contributed by atoms with E-state index in [0.717, 1.165) is 36.6 Å². The van der Waals surface area contributed by atoms with Crippen molar-refractivity contribution in [1.29, 1.82) is 0 Å². The van der Waals surface area contributed by atoms with E-state index in [-0.39, 0.29) is 11.7 Å². The van der Waals surface area contributed by atoms with Crippen molar-refractivity contribution in [1.82, 2.24) is 4.98 Å². The van der Waals surface area contributed by atoms with Gasteiger partial charge in [-0.15, -0.1) is 0 Å². The van der Waals surface area contributed by atoms with Crippen molar-refractivity contribution in [2.24, 2.45) is 0 Å². The van der Waals surface area contributed by atoms with Crippen LogP contribution >= 0.6 is 11.6 Å². The number of halogens is 1. The van der Waals surface area contributed by atoms with Crippen molar-refractivity contribution < 1.29 is 9.59 Å². The van der Waals surface area contributed by atoms with Crippen LogP contribution in [0.2, 0.25) is 5.02 Å². The third kappa shape index (κ3) is 4.58. The van der Waals surface area contributed by atoms with Gasteiger partial charge in [-0.2, -0.15) is 0 Å². The highest BCUT2D eigenvalue weighted by Gasteiger charge is 2.20. The molecule has 0 atom stereocenters. The van der Waals surface area contributed by atoms with Gasteiger partial charge in [-0.05, 0) is 24.6 Å². The molecule has 3 aromatic rings. The summed E-state index contributed by atoms with van der Waals surface area (Å²) in [6.45, 7) is 2.14. The highest BCUT2D eigenvalue weighted by Crippen LogP contribution is 2.31. The Morgan fingerprint density at radius 3 is 2.56 bits per heavy atom. The van der Waals surface area contributed by atoms with Gasteiger partial charge in [-0.3, -0.25) is 9.59 Å². The molecule has 0 radical (unpaired) electrons. The molecule has 1 heterocycles. The van der Waals surface area contributed by atoms with E-state index in [4.69, 9.17) is 11.6 Å². The molecular weight excluding hydrogens is 360 g/mol. The van der Waals surface area contributed by atoms with Crippen LogP contribution in [0.3, 0.4) is 0 Å². The molecule has 2 N–H and O–H groups in total. The topological polar surface area (TPSA) is 62.0 Å². The molecule has 0 bridgehead atoms. The zero-order valence-corrected chi connectivity index (χ0v) is 16.1. The minimum atomic E-state index is -0.163. The van der Waals surface area contributed by atoms with Crippen LogP contribution < -0.4 is 5.32 Å². The van der Waals surface area contributed by atoms with E-state index >= 15 is 0 Å². The Kier molecular flexibility index (Phi) is 6.30. The van der Waals surface area contributed by atoms with E-state index in [1.807, 2.05) is 24.3 Å². The van der Waals surface area contributed by atoms with Gasteiger partial charge in [0.05, 0.1) is 5.69 Å². The number of rotatable bonds is 8. The van der Waals surface area contributed by atoms with E-state index in [1.165, 1.54) is 0 Å². The average molecular weight is 383 g/mol. The predicted octanol–water partition coefficient (Wildman–Crippen LogP) is 5.96. The summed E-state index contributed by atoms with van der Waals surface area (Å²) in [5, 5.41) is 4.29. The van der Waals surface area contributed by atoms with E-state index in [2.05, 4.69) is 17.2 Å². The van der Waals surface area contributed by atoms with E-state index < -0.39 is 0 Å². The molecule has 1 amide bonds. The van der Waals surface area contributed by atoms with Gasteiger partial charge in [-0.1, -0.05) is 68.1 Å². The van der Waals surface area contributed by atoms with Crippen LogP contribution in [-0.4, -0.2) is 16.7 Å². The molecular formula is C22H23ClN2O2. The number of unbranched alkanes of at least 4 members (excludes halogenated alkanes) is 3. The molecule has 0 fully saturated rings. The number of carbonyl (C=O) groups excluding carboxylic acids is 2. The van der Waals surface area contributed by atoms with Crippen molar-refractivity contribution in [3.8, 4) is 0 Å². The molecule has 0 aliphatic heterocycles. The first kappa shape index (κ1) is 19.2. The molecule has 0 aliphatic carbocycles. The predicted molar refractivity (Wildman–Crippen MR) is 111 cm³/mol. The standard InChI is InChI=1S/C22H23ClN2O2/c1-2-3-4-8-11-19(26)25-20-17-13-12-16(23)14-18(17)24-21(20)22(27)15-9-6-5-7-10-15/h5-7,9-10,12-14,24H,2-4,8,11H2,1H3,(H,25,26). The van der Waals surface area contributed by atoms with E-state index in [0.29, 0.717) is 28.4 Å². The molecule has 0 aliphatic rings. The summed E-state index contributed by atoms with van der Waals surface area (Å²) >= 11 is 6.09. The van der Waals surface area contributed by atoms with Crippen LogP contribution in [-0.2, 0) is 4.79 Å². The van der Waals surface area contributed by atoms with Crippen molar-refractivity contribution in [3.63, 3.8) is 0 Å². The fraction of sp³-hybridized carbons (Fsp3) is 0.273. The maximum atomic E-state index is 13.0. The Hall–Kier alpha value is -2.59. The van der Waals surface area contributed by atoms with Gasteiger partial charge in [0.1, 0.15) is 5.69 Å². The lowest BCUT2D eigenvalue weighted by molar-refractivity contribution is -0.116. The molecule has 0 saturated heterocycles. The number of benzene rings is 2. The number of anilines is 1. The third-order valence-electron chi connectivity index (χ3n) is 4.55. The first-order valence-electron chi connectivity index (χ1n) is 9.31. The number of hydrogen-bond donors (Lipinski definition) is 2. The number of ketones is 1. The lowest BCUT2D eigenvalue weighted by Gasteiger charge is -2.07. The van der Waals surface area contributed by atoms with Gasteiger partial charge in [-0.25, -0.2) is 0 Å². The quantitative estimate of drug-likeness (QED) is 0.373. The number of carbonyl (C=O) groups is 2. The second-order valence-corrected chi connectivity index (χ2v) is 7.06. The fourth-order valence-electron chi connectivity index (χ4n) is 3.12. The minimum Gasteiger partial charge on any atom is -0.350 e. The molecule has 2 aromatic carbocycles. The van der Waals surface area contributed by atoms with Gasteiger partial charge in [0.2, 0.25) is 11.7 Å². The molecule has 0 saturated carbocycles. The smallest absolute Gasteiger partial charge is 0.224 e. The van der Waals surface area contributed by atoms with Crippen LogP contribution in [0.5, 0.6) is 0 Å². The number of hydrogen-bond acceptors (Lipinski definition) is 2. The molecule has 0 spiro atoms. The molecule has 5 heteroatoms. The van der Waals surface area contributed by atoms with Gasteiger partial charge in [0.25, 0.3) is 0 Å². The largest absolute Gasteiger partial charge is 0.350 e. The Balaban J connectivity index is 1.92. The van der Waals surface area contributed by atoms with Crippen molar-refractivity contribution in [2.45, 2.75) is 39.0 Å². The van der Waals surface area contributed by atoms with Crippen LogP contribution in [0.15, 0.2) is 48.5 Å². The summed E-state index contributed by atoms with van der Waals surface area (Å²) in [5.41, 5.74) is 2.19. The Bertz CT molecular complexity index is 948. The summed E-state index contributed by atoms with van der Waals surface area (Å²) in [7, 11) is 0. The molecule has 27 heavy (non-hydrogen) atoms. The first-order chi connectivity index (χ1) is 13.1. The average Bonchev–Trinajstić information content (AvgIpc) is 3.02. The summed E-state index contributed by atoms with van der Waals surface area (Å²) in [6, 6.07) is 14.4. The van der Waals surface area contributed by atoms with Gasteiger partial charge in [0.15, 0.2) is 0 Å². The number of aromatic nitrogens is 1. The first-order valence-corrected chi connectivity index (χ1v) is 9.68. The zero-order chi connectivity index (χ0) is 19.2. The second kappa shape index (κ2) is 8.87. The van der Waals surface area contributed by atoms with Crippen LogP contribution in [0, 0.1) is 0 Å². The summed E-state index contributed by atoms with van der Waals surface area (Å²) in [4.78, 5) is 28.6. The van der Waals surface area contributed by atoms with Crippen LogP contribution in [0.1, 0.15) is 55.1 Å². The van der Waals surface area contributed by atoms with E-state index in [1.54, 1.807) is 24.3 Å². The maximum absolute atomic E-state index is 13.0. The third-order valence-corrected chi connectivity index (χ3v) is 4.78.